The second-order valence-corrected chi connectivity index (χ2v) is 6.79. The highest BCUT2D eigenvalue weighted by Gasteiger charge is 2.61. The van der Waals surface area contributed by atoms with Gasteiger partial charge in [0, 0.05) is 11.8 Å². The average molecular weight is 322 g/mol. The van der Waals surface area contributed by atoms with E-state index in [9.17, 15) is 19.5 Å². The van der Waals surface area contributed by atoms with Gasteiger partial charge in [-0.05, 0) is 31.5 Å². The molecule has 3 aliphatic rings. The largest absolute Gasteiger partial charge is 0.545 e. The Balaban J connectivity index is 1.71. The van der Waals surface area contributed by atoms with Gasteiger partial charge in [0.1, 0.15) is 0 Å². The van der Waals surface area contributed by atoms with Crippen molar-refractivity contribution in [2.75, 3.05) is 4.90 Å². The van der Waals surface area contributed by atoms with Crippen molar-refractivity contribution in [2.45, 2.75) is 13.8 Å². The molecule has 0 radical (unpaired) electrons. The van der Waals surface area contributed by atoms with Crippen LogP contribution in [0.25, 0.3) is 0 Å². The van der Waals surface area contributed by atoms with Crippen molar-refractivity contribution in [3.8, 4) is 0 Å². The Morgan fingerprint density at radius 1 is 0.958 bits per heavy atom. The number of hydrogen-bond donors (Lipinski definition) is 0. The Bertz CT molecular complexity index is 795. The second kappa shape index (κ2) is 4.90. The highest BCUT2D eigenvalue weighted by atomic mass is 16.4. The van der Waals surface area contributed by atoms with Gasteiger partial charge in [0.15, 0.2) is 0 Å². The summed E-state index contributed by atoms with van der Waals surface area (Å²) in [6.07, 6.45) is 4.09. The van der Waals surface area contributed by atoms with Crippen molar-refractivity contribution >= 4 is 23.5 Å². The van der Waals surface area contributed by atoms with Crippen LogP contribution in [-0.2, 0) is 9.59 Å². The van der Waals surface area contributed by atoms with Crippen molar-refractivity contribution in [1.82, 2.24) is 0 Å². The standard InChI is InChI=1S/C19H17NO4/c1-9(2)14-12-7-8-13(14)16-15(12)17(21)20(18(16)22)11-5-3-10(4-6-11)19(23)24/h3-8,12-13,15-16H,1-2H3,(H,23,24)/p-1/t12-,13+,15-,16-/m1/s1. The number of carbonyl (C=O) groups is 3. The lowest BCUT2D eigenvalue weighted by Crippen LogP contribution is -2.33. The molecule has 24 heavy (non-hydrogen) atoms. The quantitative estimate of drug-likeness (QED) is 0.607. The van der Waals surface area contributed by atoms with E-state index in [4.69, 9.17) is 0 Å². The van der Waals surface area contributed by atoms with Gasteiger partial charge in [-0.1, -0.05) is 35.4 Å². The van der Waals surface area contributed by atoms with Crippen LogP contribution in [0.15, 0.2) is 47.6 Å². The highest BCUT2D eigenvalue weighted by Crippen LogP contribution is 2.57. The van der Waals surface area contributed by atoms with Crippen LogP contribution >= 0.6 is 0 Å². The summed E-state index contributed by atoms with van der Waals surface area (Å²) in [6, 6.07) is 5.68. The van der Waals surface area contributed by atoms with Crippen LogP contribution < -0.4 is 10.0 Å². The molecule has 1 aromatic carbocycles. The third-order valence-electron chi connectivity index (χ3n) is 5.35. The van der Waals surface area contributed by atoms with Gasteiger partial charge in [-0.2, -0.15) is 0 Å². The first-order valence-electron chi connectivity index (χ1n) is 7.96. The van der Waals surface area contributed by atoms with E-state index in [0.29, 0.717) is 5.69 Å². The fourth-order valence-electron chi connectivity index (χ4n) is 4.43. The minimum Gasteiger partial charge on any atom is -0.545 e. The van der Waals surface area contributed by atoms with Gasteiger partial charge in [0.05, 0.1) is 23.5 Å². The minimum absolute atomic E-state index is 0.00828. The Hall–Kier alpha value is -2.69. The molecule has 5 heteroatoms. The molecule has 2 bridgehead atoms. The van der Waals surface area contributed by atoms with E-state index in [0.717, 1.165) is 0 Å². The number of rotatable bonds is 2. The average Bonchev–Trinajstić information content (AvgIpc) is 3.18. The van der Waals surface area contributed by atoms with Crippen LogP contribution in [0.5, 0.6) is 0 Å². The van der Waals surface area contributed by atoms with E-state index >= 15 is 0 Å². The molecule has 1 aromatic rings. The fraction of sp³-hybridized carbons (Fsp3) is 0.316. The van der Waals surface area contributed by atoms with Gasteiger partial charge in [0.2, 0.25) is 11.8 Å². The number of benzene rings is 1. The molecule has 2 amide bonds. The number of aromatic carboxylic acids is 1. The van der Waals surface area contributed by atoms with Gasteiger partial charge in [-0.15, -0.1) is 0 Å². The van der Waals surface area contributed by atoms with Crippen LogP contribution in [0.2, 0.25) is 0 Å². The summed E-state index contributed by atoms with van der Waals surface area (Å²) in [4.78, 5) is 37.8. The number of carboxylic acid groups (broad SMARTS) is 1. The molecule has 1 aliphatic heterocycles. The molecule has 122 valence electrons. The normalized spacial score (nSPS) is 30.2. The van der Waals surface area contributed by atoms with Crippen molar-refractivity contribution in [2.24, 2.45) is 23.7 Å². The maximum atomic E-state index is 12.9. The third kappa shape index (κ3) is 1.78. The molecular weight excluding hydrogens is 306 g/mol. The van der Waals surface area contributed by atoms with Crippen LogP contribution in [0.1, 0.15) is 24.2 Å². The fourth-order valence-corrected chi connectivity index (χ4v) is 4.43. The molecular formula is C19H16NO4-. The number of allylic oxidation sites excluding steroid dienone is 4. The summed E-state index contributed by atoms with van der Waals surface area (Å²) in [6.45, 7) is 4.05. The number of nitrogens with zero attached hydrogens (tertiary/aromatic N) is 1. The zero-order chi connectivity index (χ0) is 17.2. The van der Waals surface area contributed by atoms with Crippen molar-refractivity contribution in [1.29, 1.82) is 0 Å². The van der Waals surface area contributed by atoms with E-state index < -0.39 is 5.97 Å². The second-order valence-electron chi connectivity index (χ2n) is 6.79. The lowest BCUT2D eigenvalue weighted by molar-refractivity contribution is -0.255. The molecule has 2 fully saturated rings. The first-order valence-corrected chi connectivity index (χ1v) is 7.96. The number of fused-ring (bicyclic) bond motifs is 5. The summed E-state index contributed by atoms with van der Waals surface area (Å²) < 4.78 is 0. The predicted octanol–water partition coefficient (Wildman–Crippen LogP) is 1.31. The van der Waals surface area contributed by atoms with Crippen LogP contribution in [0.3, 0.4) is 0 Å². The number of anilines is 1. The number of amides is 2. The number of imide groups is 1. The Labute approximate surface area is 139 Å². The maximum Gasteiger partial charge on any atom is 0.238 e. The first kappa shape index (κ1) is 14.9. The van der Waals surface area contributed by atoms with E-state index in [2.05, 4.69) is 0 Å². The van der Waals surface area contributed by atoms with Gasteiger partial charge < -0.3 is 9.90 Å². The van der Waals surface area contributed by atoms with Crippen LogP contribution in [0, 0.1) is 23.7 Å². The lowest BCUT2D eigenvalue weighted by atomic mass is 9.85. The first-order chi connectivity index (χ1) is 11.4. The number of hydrogen-bond acceptors (Lipinski definition) is 4. The summed E-state index contributed by atoms with van der Waals surface area (Å²) in [7, 11) is 0. The highest BCUT2D eigenvalue weighted by molar-refractivity contribution is 6.23. The Kier molecular flexibility index (Phi) is 3.04. The van der Waals surface area contributed by atoms with Crippen molar-refractivity contribution in [3.63, 3.8) is 0 Å². The van der Waals surface area contributed by atoms with E-state index in [1.165, 1.54) is 40.3 Å². The number of carbonyl (C=O) groups excluding carboxylic acids is 3. The monoisotopic (exact) mass is 322 g/mol. The van der Waals surface area contributed by atoms with E-state index in [1.807, 2.05) is 26.0 Å². The summed E-state index contributed by atoms with van der Waals surface area (Å²) >= 11 is 0. The van der Waals surface area contributed by atoms with E-state index in [1.54, 1.807) is 0 Å². The molecule has 0 unspecified atom stereocenters. The molecule has 1 heterocycles. The molecule has 4 atom stereocenters. The molecule has 1 saturated heterocycles. The molecule has 5 nitrogen and oxygen atoms in total. The topological polar surface area (TPSA) is 77.5 Å². The molecule has 0 aromatic heterocycles. The van der Waals surface area contributed by atoms with Crippen molar-refractivity contribution < 1.29 is 19.5 Å². The summed E-state index contributed by atoms with van der Waals surface area (Å²) in [5.41, 5.74) is 2.82. The lowest BCUT2D eigenvalue weighted by Gasteiger charge is -2.19. The van der Waals surface area contributed by atoms with Gasteiger partial charge in [-0.3, -0.25) is 9.59 Å². The Morgan fingerprint density at radius 3 is 1.88 bits per heavy atom. The SMILES string of the molecule is CC(C)=C1[C@H]2C=C[C@@H]1[C@H]1C(=O)N(c3ccc(C(=O)[O-])cc3)C(=O)[C@@H]12. The smallest absolute Gasteiger partial charge is 0.238 e. The maximum absolute atomic E-state index is 12.9. The van der Waals surface area contributed by atoms with Gasteiger partial charge in [0.25, 0.3) is 0 Å². The molecule has 2 aliphatic carbocycles. The van der Waals surface area contributed by atoms with Crippen LogP contribution in [-0.4, -0.2) is 17.8 Å². The van der Waals surface area contributed by atoms with Crippen molar-refractivity contribution in [3.05, 3.63) is 53.1 Å². The zero-order valence-electron chi connectivity index (χ0n) is 13.4. The summed E-state index contributed by atoms with van der Waals surface area (Å²) in [5, 5.41) is 10.8. The van der Waals surface area contributed by atoms with Crippen LogP contribution in [0.4, 0.5) is 5.69 Å². The molecule has 4 rings (SSSR count). The van der Waals surface area contributed by atoms with E-state index in [-0.39, 0.29) is 41.0 Å². The number of carboxylic acids is 1. The van der Waals surface area contributed by atoms with Gasteiger partial charge in [-0.25, -0.2) is 4.90 Å². The molecule has 0 spiro atoms. The minimum atomic E-state index is -1.28. The molecule has 1 saturated carbocycles. The zero-order valence-corrected chi connectivity index (χ0v) is 13.4. The predicted molar refractivity (Wildman–Crippen MR) is 84.7 cm³/mol. The third-order valence-corrected chi connectivity index (χ3v) is 5.35. The summed E-state index contributed by atoms with van der Waals surface area (Å²) in [5.74, 6) is -2.32. The Morgan fingerprint density at radius 2 is 1.46 bits per heavy atom. The molecule has 0 N–H and O–H groups in total. The van der Waals surface area contributed by atoms with Gasteiger partial charge >= 0.3 is 0 Å².